The third-order valence-electron chi connectivity index (χ3n) is 4.80. The molecule has 5 aromatic rings. The van der Waals surface area contributed by atoms with Crippen molar-refractivity contribution in [3.63, 3.8) is 0 Å². The summed E-state index contributed by atoms with van der Waals surface area (Å²) >= 11 is 6.09. The van der Waals surface area contributed by atoms with E-state index in [0.29, 0.717) is 0 Å². The van der Waals surface area contributed by atoms with Crippen LogP contribution in [0.2, 0.25) is 5.02 Å². The molecule has 0 amide bonds. The first kappa shape index (κ1) is 16.7. The van der Waals surface area contributed by atoms with Gasteiger partial charge in [0.1, 0.15) is 5.82 Å². The molecule has 0 aliphatic rings. The fourth-order valence-corrected chi connectivity index (χ4v) is 3.55. The van der Waals surface area contributed by atoms with Crippen LogP contribution in [0.25, 0.3) is 39.2 Å². The number of benzene rings is 3. The Morgan fingerprint density at radius 2 is 1.29 bits per heavy atom. The van der Waals surface area contributed by atoms with Crippen LogP contribution in [0.4, 0.5) is 0 Å². The summed E-state index contributed by atoms with van der Waals surface area (Å²) in [6.07, 6.45) is 3.62. The number of para-hydroxylation sites is 2. The summed E-state index contributed by atoms with van der Waals surface area (Å²) in [5.74, 6) is 0.907. The van der Waals surface area contributed by atoms with E-state index in [2.05, 4.69) is 39.9 Å². The van der Waals surface area contributed by atoms with E-state index in [1.54, 1.807) is 0 Å². The SMILES string of the molecule is Clc1ccc(-n2c(-c3ccc(-c4ccncc4)cc3)nc3ccccc32)cc1. The van der Waals surface area contributed by atoms with Crippen molar-refractivity contribution in [2.75, 3.05) is 0 Å². The first-order valence-corrected chi connectivity index (χ1v) is 9.42. The maximum atomic E-state index is 6.09. The summed E-state index contributed by atoms with van der Waals surface area (Å²) in [6.45, 7) is 0. The van der Waals surface area contributed by atoms with Crippen LogP contribution in [0.15, 0.2) is 97.3 Å². The zero-order valence-electron chi connectivity index (χ0n) is 15.0. The summed E-state index contributed by atoms with van der Waals surface area (Å²) in [7, 11) is 0. The Bertz CT molecular complexity index is 1240. The summed E-state index contributed by atoms with van der Waals surface area (Å²) in [4.78, 5) is 8.99. The Kier molecular flexibility index (Phi) is 4.15. The lowest BCUT2D eigenvalue weighted by atomic mass is 10.0. The molecule has 3 nitrogen and oxygen atoms in total. The van der Waals surface area contributed by atoms with Crippen molar-refractivity contribution in [2.45, 2.75) is 0 Å². The summed E-state index contributed by atoms with van der Waals surface area (Å²) < 4.78 is 2.17. The van der Waals surface area contributed by atoms with Gasteiger partial charge < -0.3 is 0 Å². The number of nitrogens with zero attached hydrogens (tertiary/aromatic N) is 3. The van der Waals surface area contributed by atoms with Crippen molar-refractivity contribution in [3.05, 3.63) is 102 Å². The summed E-state index contributed by atoms with van der Waals surface area (Å²) in [6, 6.07) is 28.5. The van der Waals surface area contributed by atoms with Crippen LogP contribution in [0.1, 0.15) is 0 Å². The smallest absolute Gasteiger partial charge is 0.145 e. The Labute approximate surface area is 167 Å². The average molecular weight is 382 g/mol. The monoisotopic (exact) mass is 381 g/mol. The summed E-state index contributed by atoms with van der Waals surface area (Å²) in [5.41, 5.74) is 6.42. The Balaban J connectivity index is 1.66. The highest BCUT2D eigenvalue weighted by molar-refractivity contribution is 6.30. The van der Waals surface area contributed by atoms with Crippen LogP contribution in [-0.2, 0) is 0 Å². The minimum Gasteiger partial charge on any atom is -0.292 e. The highest BCUT2D eigenvalue weighted by Crippen LogP contribution is 2.30. The van der Waals surface area contributed by atoms with Crippen LogP contribution in [-0.4, -0.2) is 14.5 Å². The number of pyridine rings is 1. The van der Waals surface area contributed by atoms with Gasteiger partial charge in [0.2, 0.25) is 0 Å². The van der Waals surface area contributed by atoms with E-state index in [1.807, 2.05) is 67.0 Å². The molecular weight excluding hydrogens is 366 g/mol. The van der Waals surface area contributed by atoms with Crippen molar-refractivity contribution in [3.8, 4) is 28.2 Å². The molecule has 0 bridgehead atoms. The van der Waals surface area contributed by atoms with Crippen molar-refractivity contribution in [1.82, 2.24) is 14.5 Å². The van der Waals surface area contributed by atoms with Gasteiger partial charge in [0.25, 0.3) is 0 Å². The molecule has 3 aromatic carbocycles. The van der Waals surface area contributed by atoms with Crippen LogP contribution in [0, 0.1) is 0 Å². The van der Waals surface area contributed by atoms with Crippen molar-refractivity contribution >= 4 is 22.6 Å². The van der Waals surface area contributed by atoms with Gasteiger partial charge in [-0.25, -0.2) is 4.98 Å². The quantitative estimate of drug-likeness (QED) is 0.361. The lowest BCUT2D eigenvalue weighted by Crippen LogP contribution is -1.97. The molecule has 0 saturated heterocycles. The Morgan fingerprint density at radius 1 is 0.643 bits per heavy atom. The molecule has 5 rings (SSSR count). The second kappa shape index (κ2) is 6.95. The van der Waals surface area contributed by atoms with E-state index in [0.717, 1.165) is 44.3 Å². The Hall–Kier alpha value is -3.43. The van der Waals surface area contributed by atoms with E-state index in [1.165, 1.54) is 0 Å². The minimum absolute atomic E-state index is 0.719. The van der Waals surface area contributed by atoms with Crippen molar-refractivity contribution < 1.29 is 0 Å². The number of halogens is 1. The standard InChI is InChI=1S/C24H16ClN3/c25-20-9-11-21(12-10-20)28-23-4-2-1-3-22(23)27-24(28)19-7-5-17(6-8-19)18-13-15-26-16-14-18/h1-16H. The molecule has 134 valence electrons. The molecule has 0 aliphatic heterocycles. The molecule has 4 heteroatoms. The number of rotatable bonds is 3. The molecule has 0 spiro atoms. The van der Waals surface area contributed by atoms with E-state index < -0.39 is 0 Å². The molecular formula is C24H16ClN3. The van der Waals surface area contributed by atoms with Gasteiger partial charge in [-0.1, -0.05) is 48.0 Å². The molecule has 2 heterocycles. The fourth-order valence-electron chi connectivity index (χ4n) is 3.43. The predicted octanol–water partition coefficient (Wildman–Crippen LogP) is 6.41. The van der Waals surface area contributed by atoms with E-state index in [4.69, 9.17) is 16.6 Å². The number of aromatic nitrogens is 3. The minimum atomic E-state index is 0.719. The summed E-state index contributed by atoms with van der Waals surface area (Å²) in [5, 5.41) is 0.719. The third kappa shape index (κ3) is 2.96. The third-order valence-corrected chi connectivity index (χ3v) is 5.05. The molecule has 0 saturated carbocycles. The second-order valence-corrected chi connectivity index (χ2v) is 6.99. The highest BCUT2D eigenvalue weighted by Gasteiger charge is 2.14. The maximum Gasteiger partial charge on any atom is 0.145 e. The average Bonchev–Trinajstić information content (AvgIpc) is 3.15. The second-order valence-electron chi connectivity index (χ2n) is 6.55. The molecule has 28 heavy (non-hydrogen) atoms. The van der Waals surface area contributed by atoms with E-state index in [9.17, 15) is 0 Å². The van der Waals surface area contributed by atoms with Crippen LogP contribution in [0.5, 0.6) is 0 Å². The van der Waals surface area contributed by atoms with Gasteiger partial charge in [0.15, 0.2) is 0 Å². The highest BCUT2D eigenvalue weighted by atomic mass is 35.5. The lowest BCUT2D eigenvalue weighted by molar-refractivity contribution is 1.10. The number of imidazole rings is 1. The van der Waals surface area contributed by atoms with Crippen LogP contribution >= 0.6 is 11.6 Å². The van der Waals surface area contributed by atoms with Gasteiger partial charge in [-0.2, -0.15) is 0 Å². The molecule has 0 fully saturated rings. The zero-order valence-corrected chi connectivity index (χ0v) is 15.7. The van der Waals surface area contributed by atoms with Gasteiger partial charge in [-0.05, 0) is 59.7 Å². The molecule has 0 atom stereocenters. The fraction of sp³-hybridized carbons (Fsp3) is 0. The lowest BCUT2D eigenvalue weighted by Gasteiger charge is -2.10. The van der Waals surface area contributed by atoms with Crippen molar-refractivity contribution in [2.24, 2.45) is 0 Å². The Morgan fingerprint density at radius 3 is 2.04 bits per heavy atom. The van der Waals surface area contributed by atoms with Gasteiger partial charge in [0.05, 0.1) is 11.0 Å². The van der Waals surface area contributed by atoms with Gasteiger partial charge in [-0.15, -0.1) is 0 Å². The molecule has 2 aromatic heterocycles. The molecule has 0 N–H and O–H groups in total. The predicted molar refractivity (Wildman–Crippen MR) is 115 cm³/mol. The largest absolute Gasteiger partial charge is 0.292 e. The normalized spacial score (nSPS) is 11.0. The topological polar surface area (TPSA) is 30.7 Å². The van der Waals surface area contributed by atoms with Gasteiger partial charge in [-0.3, -0.25) is 9.55 Å². The van der Waals surface area contributed by atoms with E-state index >= 15 is 0 Å². The number of fused-ring (bicyclic) bond motifs is 1. The van der Waals surface area contributed by atoms with Crippen LogP contribution < -0.4 is 0 Å². The zero-order chi connectivity index (χ0) is 18.9. The molecule has 0 unspecified atom stereocenters. The van der Waals surface area contributed by atoms with Gasteiger partial charge in [0, 0.05) is 28.7 Å². The van der Waals surface area contributed by atoms with E-state index in [-0.39, 0.29) is 0 Å². The number of hydrogen-bond donors (Lipinski definition) is 0. The maximum absolute atomic E-state index is 6.09. The molecule has 0 radical (unpaired) electrons. The van der Waals surface area contributed by atoms with Gasteiger partial charge >= 0.3 is 0 Å². The first-order chi connectivity index (χ1) is 13.8. The van der Waals surface area contributed by atoms with Crippen molar-refractivity contribution in [1.29, 1.82) is 0 Å². The first-order valence-electron chi connectivity index (χ1n) is 9.04. The molecule has 0 aliphatic carbocycles. The number of hydrogen-bond acceptors (Lipinski definition) is 2. The van der Waals surface area contributed by atoms with Crippen LogP contribution in [0.3, 0.4) is 0 Å².